The highest BCUT2D eigenvalue weighted by Gasteiger charge is 2.17. The molecule has 1 aliphatic heterocycles. The monoisotopic (exact) mass is 468 g/mol. The fraction of sp³-hybridized carbons (Fsp3) is 0.208. The second-order valence-corrected chi connectivity index (χ2v) is 7.34. The van der Waals surface area contributed by atoms with E-state index in [2.05, 4.69) is 10.3 Å². The van der Waals surface area contributed by atoms with Gasteiger partial charge in [0.1, 0.15) is 23.9 Å². The van der Waals surface area contributed by atoms with Crippen LogP contribution < -0.4 is 24.3 Å². The van der Waals surface area contributed by atoms with Gasteiger partial charge in [0.05, 0.1) is 11.3 Å². The lowest BCUT2D eigenvalue weighted by atomic mass is 10.1. The van der Waals surface area contributed by atoms with Gasteiger partial charge in [0.15, 0.2) is 17.6 Å². The first-order valence-electron chi connectivity index (χ1n) is 10.3. The zero-order valence-electron chi connectivity index (χ0n) is 18.1. The Labute approximate surface area is 194 Å². The first-order chi connectivity index (χ1) is 16.4. The Morgan fingerprint density at radius 1 is 1.15 bits per heavy atom. The Morgan fingerprint density at radius 2 is 1.94 bits per heavy atom. The number of nitrogens with zero attached hydrogens (tertiary/aromatic N) is 1. The second kappa shape index (κ2) is 10.1. The molecule has 0 aliphatic carbocycles. The van der Waals surface area contributed by atoms with Crippen LogP contribution in [0.2, 0.25) is 0 Å². The molecule has 0 spiro atoms. The van der Waals surface area contributed by atoms with Crippen molar-refractivity contribution < 1.29 is 38.0 Å². The number of carbonyl (C=O) groups excluding carboxylic acids is 1. The van der Waals surface area contributed by atoms with Crippen LogP contribution in [0, 0.1) is 5.82 Å². The first kappa shape index (κ1) is 22.8. The summed E-state index contributed by atoms with van der Waals surface area (Å²) in [5, 5.41) is 11.6. The molecule has 1 aliphatic rings. The third kappa shape index (κ3) is 5.34. The average Bonchev–Trinajstić information content (AvgIpc) is 3.30. The fourth-order valence-corrected chi connectivity index (χ4v) is 3.15. The summed E-state index contributed by atoms with van der Waals surface area (Å²) in [6.45, 7) is 1.44. The summed E-state index contributed by atoms with van der Waals surface area (Å²) in [7, 11) is 0. The molecule has 3 aromatic rings. The lowest BCUT2D eigenvalue weighted by molar-refractivity contribution is -0.144. The van der Waals surface area contributed by atoms with Crippen molar-refractivity contribution in [3.63, 3.8) is 0 Å². The van der Waals surface area contributed by atoms with E-state index in [1.165, 1.54) is 19.1 Å². The van der Waals surface area contributed by atoms with Gasteiger partial charge in [-0.3, -0.25) is 9.78 Å². The summed E-state index contributed by atoms with van der Waals surface area (Å²) < 4.78 is 35.9. The summed E-state index contributed by atoms with van der Waals surface area (Å²) in [6, 6.07) is 12.3. The van der Waals surface area contributed by atoms with Crippen molar-refractivity contribution in [1.82, 2.24) is 10.3 Å². The maximum Gasteiger partial charge on any atom is 0.344 e. The molecule has 1 amide bonds. The molecule has 9 nitrogen and oxygen atoms in total. The van der Waals surface area contributed by atoms with E-state index in [4.69, 9.17) is 24.1 Å². The number of carboxylic acid groups (broad SMARTS) is 1. The van der Waals surface area contributed by atoms with Crippen molar-refractivity contribution in [2.24, 2.45) is 0 Å². The number of hydrogen-bond acceptors (Lipinski definition) is 7. The first-order valence-corrected chi connectivity index (χ1v) is 10.3. The van der Waals surface area contributed by atoms with Crippen molar-refractivity contribution in [3.8, 4) is 23.0 Å². The number of carbonyl (C=O) groups is 2. The third-order valence-electron chi connectivity index (χ3n) is 4.98. The maximum atomic E-state index is 14.4. The van der Waals surface area contributed by atoms with Crippen LogP contribution in [0.4, 0.5) is 4.39 Å². The van der Waals surface area contributed by atoms with Gasteiger partial charge in [0, 0.05) is 30.4 Å². The number of ether oxygens (including phenoxy) is 4. The van der Waals surface area contributed by atoms with E-state index in [0.717, 1.165) is 6.07 Å². The molecule has 10 heteroatoms. The van der Waals surface area contributed by atoms with Crippen molar-refractivity contribution in [2.45, 2.75) is 26.2 Å². The molecule has 1 aromatic heterocycles. The van der Waals surface area contributed by atoms with Crippen molar-refractivity contribution in [2.75, 3.05) is 6.79 Å². The molecular weight excluding hydrogens is 447 g/mol. The van der Waals surface area contributed by atoms with E-state index in [0.29, 0.717) is 28.5 Å². The predicted octanol–water partition coefficient (Wildman–Crippen LogP) is 3.31. The molecular formula is C24H21FN2O7. The number of aromatic nitrogens is 1. The minimum atomic E-state index is -1.16. The summed E-state index contributed by atoms with van der Waals surface area (Å²) in [5.41, 5.74) is 0.911. The molecule has 0 saturated heterocycles. The third-order valence-corrected chi connectivity index (χ3v) is 4.98. The molecule has 34 heavy (non-hydrogen) atoms. The standard InChI is InChI=1S/C24H21FN2O7/c1-14(24(29)30)34-17-5-4-15(19(25)9-17)11-27-23(28)18-3-2-8-26-20(18)12-31-16-6-7-21-22(10-16)33-13-32-21/h2-10,14H,11-13H2,1H3,(H,27,28)(H,29,30). The summed E-state index contributed by atoms with van der Waals surface area (Å²) >= 11 is 0. The molecule has 1 unspecified atom stereocenters. The molecule has 2 N–H and O–H groups in total. The molecule has 1 atom stereocenters. The minimum Gasteiger partial charge on any atom is -0.487 e. The lowest BCUT2D eigenvalue weighted by Crippen LogP contribution is -2.25. The van der Waals surface area contributed by atoms with Crippen LogP contribution in [0.5, 0.6) is 23.0 Å². The number of pyridine rings is 1. The molecule has 4 rings (SSSR count). The summed E-state index contributed by atoms with van der Waals surface area (Å²) in [4.78, 5) is 27.9. The van der Waals surface area contributed by atoms with E-state index < -0.39 is 23.8 Å². The topological polar surface area (TPSA) is 116 Å². The highest BCUT2D eigenvalue weighted by Crippen LogP contribution is 2.35. The normalized spacial score (nSPS) is 12.6. The van der Waals surface area contributed by atoms with Gasteiger partial charge < -0.3 is 29.4 Å². The number of nitrogens with one attached hydrogen (secondary N) is 1. The van der Waals surface area contributed by atoms with E-state index in [1.54, 1.807) is 36.5 Å². The second-order valence-electron chi connectivity index (χ2n) is 7.34. The molecule has 176 valence electrons. The van der Waals surface area contributed by atoms with E-state index >= 15 is 0 Å². The Bertz CT molecular complexity index is 1220. The Kier molecular flexibility index (Phi) is 6.77. The average molecular weight is 468 g/mol. The number of benzene rings is 2. The zero-order valence-corrected chi connectivity index (χ0v) is 18.1. The number of halogens is 1. The minimum absolute atomic E-state index is 0.0331. The zero-order chi connectivity index (χ0) is 24.1. The maximum absolute atomic E-state index is 14.4. The quantitative estimate of drug-likeness (QED) is 0.491. The fourth-order valence-electron chi connectivity index (χ4n) is 3.15. The van der Waals surface area contributed by atoms with Crippen LogP contribution in [0.3, 0.4) is 0 Å². The Morgan fingerprint density at radius 3 is 2.74 bits per heavy atom. The van der Waals surface area contributed by atoms with E-state index in [-0.39, 0.29) is 31.3 Å². The molecule has 2 aromatic carbocycles. The van der Waals surface area contributed by atoms with Gasteiger partial charge in [0.25, 0.3) is 5.91 Å². The smallest absolute Gasteiger partial charge is 0.344 e. The van der Waals surface area contributed by atoms with Crippen LogP contribution in [-0.4, -0.2) is 34.9 Å². The van der Waals surface area contributed by atoms with Gasteiger partial charge in [-0.05, 0) is 37.3 Å². The molecule has 2 heterocycles. The number of hydrogen-bond donors (Lipinski definition) is 2. The number of fused-ring (bicyclic) bond motifs is 1. The van der Waals surface area contributed by atoms with Gasteiger partial charge in [-0.15, -0.1) is 0 Å². The van der Waals surface area contributed by atoms with Crippen LogP contribution >= 0.6 is 0 Å². The van der Waals surface area contributed by atoms with Crippen molar-refractivity contribution >= 4 is 11.9 Å². The van der Waals surface area contributed by atoms with E-state index in [1.807, 2.05) is 0 Å². The molecule has 0 saturated carbocycles. The number of carboxylic acids is 1. The number of amides is 1. The van der Waals surface area contributed by atoms with Gasteiger partial charge >= 0.3 is 5.97 Å². The van der Waals surface area contributed by atoms with Crippen LogP contribution in [0.15, 0.2) is 54.7 Å². The van der Waals surface area contributed by atoms with E-state index in [9.17, 15) is 14.0 Å². The molecule has 0 bridgehead atoms. The SMILES string of the molecule is CC(Oc1ccc(CNC(=O)c2cccnc2COc2ccc3c(c2)OCO3)c(F)c1)C(=O)O. The number of rotatable bonds is 9. The predicted molar refractivity (Wildman–Crippen MR) is 116 cm³/mol. The Hall–Kier alpha value is -4.34. The highest BCUT2D eigenvalue weighted by atomic mass is 19.1. The van der Waals surface area contributed by atoms with Crippen molar-refractivity contribution in [1.29, 1.82) is 0 Å². The van der Waals surface area contributed by atoms with Gasteiger partial charge in [-0.1, -0.05) is 6.07 Å². The largest absolute Gasteiger partial charge is 0.487 e. The summed E-state index contributed by atoms with van der Waals surface area (Å²) in [6.07, 6.45) is 0.430. The Balaban J connectivity index is 1.38. The van der Waals surface area contributed by atoms with Crippen LogP contribution in [-0.2, 0) is 17.9 Å². The van der Waals surface area contributed by atoms with Gasteiger partial charge in [-0.25, -0.2) is 9.18 Å². The summed E-state index contributed by atoms with van der Waals surface area (Å²) in [5.74, 6) is -0.419. The highest BCUT2D eigenvalue weighted by molar-refractivity contribution is 5.95. The van der Waals surface area contributed by atoms with Gasteiger partial charge in [-0.2, -0.15) is 0 Å². The molecule has 0 radical (unpaired) electrons. The lowest BCUT2D eigenvalue weighted by Gasteiger charge is -2.13. The van der Waals surface area contributed by atoms with Crippen molar-refractivity contribution in [3.05, 3.63) is 77.4 Å². The van der Waals surface area contributed by atoms with Crippen LogP contribution in [0.1, 0.15) is 28.5 Å². The number of aliphatic carboxylic acids is 1. The van der Waals surface area contributed by atoms with Gasteiger partial charge in [0.2, 0.25) is 6.79 Å². The van der Waals surface area contributed by atoms with Crippen LogP contribution in [0.25, 0.3) is 0 Å². The molecule has 0 fully saturated rings.